The van der Waals surface area contributed by atoms with Crippen LogP contribution in [0.15, 0.2) is 152 Å². The monoisotopic (exact) mass is 792 g/mol. The summed E-state index contributed by atoms with van der Waals surface area (Å²) in [6, 6.07) is 49.8. The Bertz CT molecular complexity index is 1840. The molecule has 0 radical (unpaired) electrons. The van der Waals surface area contributed by atoms with Gasteiger partial charge in [-0.1, -0.05) is 152 Å². The highest BCUT2D eigenvalue weighted by molar-refractivity contribution is 7.98. The van der Waals surface area contributed by atoms with Gasteiger partial charge in [-0.3, -0.25) is 0 Å². The summed E-state index contributed by atoms with van der Waals surface area (Å²) in [6.07, 6.45) is -4.88. The van der Waals surface area contributed by atoms with Crippen LogP contribution in [0, 0.1) is 0 Å². The lowest BCUT2D eigenvalue weighted by molar-refractivity contribution is -0.338. The highest BCUT2D eigenvalue weighted by Gasteiger charge is 2.53. The zero-order valence-corrected chi connectivity index (χ0v) is 33.0. The molecule has 2 saturated heterocycles. The number of aliphatic hydroxyl groups is 1. The zero-order valence-electron chi connectivity index (χ0n) is 32.2. The van der Waals surface area contributed by atoms with Gasteiger partial charge in [-0.15, -0.1) is 0 Å². The Hall–Kier alpha value is -3.91. The summed E-state index contributed by atoms with van der Waals surface area (Å²) in [5, 5.41) is 11.7. The van der Waals surface area contributed by atoms with Crippen LogP contribution >= 0.6 is 11.8 Å². The fourth-order valence-corrected chi connectivity index (χ4v) is 7.72. The van der Waals surface area contributed by atoms with Gasteiger partial charge >= 0.3 is 0 Å². The van der Waals surface area contributed by atoms with E-state index in [1.165, 1.54) is 0 Å². The van der Waals surface area contributed by atoms with Gasteiger partial charge in [-0.25, -0.2) is 0 Å². The van der Waals surface area contributed by atoms with Gasteiger partial charge in [0.1, 0.15) is 36.6 Å². The minimum atomic E-state index is -1.33. The molecule has 5 aromatic rings. The molecule has 300 valence electrons. The van der Waals surface area contributed by atoms with Gasteiger partial charge in [0.15, 0.2) is 12.6 Å². The molecule has 0 aromatic heterocycles. The van der Waals surface area contributed by atoms with Crippen LogP contribution in [0.25, 0.3) is 0 Å². The Kier molecular flexibility index (Phi) is 15.7. The van der Waals surface area contributed by atoms with Gasteiger partial charge < -0.3 is 43.0 Å². The smallest absolute Gasteiger partial charge is 0.187 e. The van der Waals surface area contributed by atoms with E-state index in [0.717, 1.165) is 27.8 Å². The summed E-state index contributed by atoms with van der Waals surface area (Å²) in [6.45, 7) is 1.64. The first-order valence-electron chi connectivity index (χ1n) is 19.5. The Morgan fingerprint density at radius 1 is 0.456 bits per heavy atom. The number of benzene rings is 5. The first-order chi connectivity index (χ1) is 28.1. The maximum atomic E-state index is 11.7. The maximum absolute atomic E-state index is 11.7. The van der Waals surface area contributed by atoms with Crippen LogP contribution in [-0.2, 0) is 70.9 Å². The first-order valence-corrected chi connectivity index (χ1v) is 20.9. The number of hydrogen-bond acceptors (Lipinski definition) is 10. The van der Waals surface area contributed by atoms with Crippen LogP contribution in [0.3, 0.4) is 0 Å². The Balaban J connectivity index is 1.20. The molecule has 1 N–H and O–H groups in total. The molecule has 0 amide bonds. The lowest BCUT2D eigenvalue weighted by Gasteiger charge is -2.45. The molecule has 0 bridgehead atoms. The summed E-state index contributed by atoms with van der Waals surface area (Å²) >= 11 is 1.67. The molecule has 0 aliphatic carbocycles. The number of thioether (sulfide) groups is 1. The zero-order chi connectivity index (χ0) is 39.1. The second-order valence-electron chi connectivity index (χ2n) is 14.2. The molecule has 2 aliphatic heterocycles. The van der Waals surface area contributed by atoms with Crippen molar-refractivity contribution in [2.75, 3.05) is 18.6 Å². The third kappa shape index (κ3) is 11.8. The van der Waals surface area contributed by atoms with Crippen molar-refractivity contribution in [1.29, 1.82) is 0 Å². The van der Waals surface area contributed by atoms with Crippen LogP contribution in [0.4, 0.5) is 0 Å². The molecule has 0 spiro atoms. The summed E-state index contributed by atoms with van der Waals surface area (Å²) in [5.41, 5.74) is 4.99. The van der Waals surface area contributed by atoms with Crippen molar-refractivity contribution in [3.05, 3.63) is 179 Å². The fraction of sp³-hybridized carbons (Fsp3) is 0.362. The van der Waals surface area contributed by atoms with Crippen molar-refractivity contribution in [2.45, 2.75) is 88.3 Å². The van der Waals surface area contributed by atoms with Crippen LogP contribution in [0.2, 0.25) is 0 Å². The summed E-state index contributed by atoms with van der Waals surface area (Å²) in [4.78, 5) is 0. The molecule has 10 heteroatoms. The van der Waals surface area contributed by atoms with Gasteiger partial charge in [0.2, 0.25) is 0 Å². The second kappa shape index (κ2) is 21.7. The number of aliphatic hydroxyl groups excluding tert-OH is 1. The van der Waals surface area contributed by atoms with Gasteiger partial charge in [0, 0.05) is 5.75 Å². The Labute approximate surface area is 340 Å². The van der Waals surface area contributed by atoms with Crippen molar-refractivity contribution < 1.29 is 43.0 Å². The summed E-state index contributed by atoms with van der Waals surface area (Å²) < 4.78 is 53.2. The van der Waals surface area contributed by atoms with Crippen LogP contribution in [0.5, 0.6) is 0 Å². The minimum Gasteiger partial charge on any atom is -0.374 e. The molecule has 0 saturated carbocycles. The van der Waals surface area contributed by atoms with Gasteiger partial charge in [0.05, 0.1) is 45.7 Å². The highest BCUT2D eigenvalue weighted by Crippen LogP contribution is 2.36. The van der Waals surface area contributed by atoms with E-state index in [4.69, 9.17) is 37.9 Å². The SMILES string of the molecule is CSC[C@@H]1O[C@@H](O[C@H]2[C@H](OCc3ccccc3)[C@H](OCc3ccccc3)[C@@H](O)O[C@@H]2COCc2ccccc2)[C@@H](OCc2ccccc2)[C@@H]1OCc1ccccc1. The molecule has 9 atom stereocenters. The van der Waals surface area contributed by atoms with Crippen molar-refractivity contribution in [3.63, 3.8) is 0 Å². The molecule has 9 nitrogen and oxygen atoms in total. The molecule has 0 unspecified atom stereocenters. The van der Waals surface area contributed by atoms with Crippen molar-refractivity contribution in [2.24, 2.45) is 0 Å². The lowest BCUT2D eigenvalue weighted by atomic mass is 9.97. The minimum absolute atomic E-state index is 0.109. The van der Waals surface area contributed by atoms with Crippen LogP contribution < -0.4 is 0 Å². The van der Waals surface area contributed by atoms with E-state index < -0.39 is 49.2 Å². The number of hydrogen-bond donors (Lipinski definition) is 1. The van der Waals surface area contributed by atoms with E-state index in [0.29, 0.717) is 25.6 Å². The van der Waals surface area contributed by atoms with E-state index in [1.54, 1.807) is 11.8 Å². The van der Waals surface area contributed by atoms with Gasteiger partial charge in [-0.05, 0) is 34.1 Å². The number of rotatable bonds is 20. The molecule has 7 rings (SSSR count). The van der Waals surface area contributed by atoms with E-state index in [1.807, 2.05) is 158 Å². The highest BCUT2D eigenvalue weighted by atomic mass is 32.2. The Morgan fingerprint density at radius 2 is 0.860 bits per heavy atom. The molecular formula is C47H52O9S. The van der Waals surface area contributed by atoms with E-state index in [-0.39, 0.29) is 25.9 Å². The standard InChI is InChI=1S/C47H52O9S/c1-57-33-40-41(50-28-35-19-9-3-10-20-35)45(53-31-38-25-15-6-16-26-38)47(55-40)56-42-39(32-49-27-34-17-7-2-8-18-34)54-46(48)44(52-30-37-23-13-5-14-24-37)43(42)51-29-36-21-11-4-12-22-36/h2-26,39-48H,27-33H2,1H3/t39-,40+,41-,42-,43+,44+,45+,46+,47+/m1/s1. The van der Waals surface area contributed by atoms with Crippen molar-refractivity contribution in [3.8, 4) is 0 Å². The van der Waals surface area contributed by atoms with Gasteiger partial charge in [0.25, 0.3) is 0 Å². The third-order valence-electron chi connectivity index (χ3n) is 10.0. The van der Waals surface area contributed by atoms with E-state index in [9.17, 15) is 5.11 Å². The summed E-state index contributed by atoms with van der Waals surface area (Å²) in [7, 11) is 0. The molecule has 2 heterocycles. The van der Waals surface area contributed by atoms with E-state index >= 15 is 0 Å². The lowest BCUT2D eigenvalue weighted by Crippen LogP contribution is -2.62. The predicted molar refractivity (Wildman–Crippen MR) is 219 cm³/mol. The molecular weight excluding hydrogens is 741 g/mol. The molecule has 57 heavy (non-hydrogen) atoms. The van der Waals surface area contributed by atoms with Gasteiger partial charge in [-0.2, -0.15) is 11.8 Å². The van der Waals surface area contributed by atoms with Crippen LogP contribution in [0.1, 0.15) is 27.8 Å². The molecule has 5 aromatic carbocycles. The van der Waals surface area contributed by atoms with Crippen LogP contribution in [-0.4, -0.2) is 79.0 Å². The first kappa shape index (κ1) is 41.3. The van der Waals surface area contributed by atoms with E-state index in [2.05, 4.69) is 0 Å². The Morgan fingerprint density at radius 3 is 1.32 bits per heavy atom. The normalized spacial score (nSPS) is 26.0. The average Bonchev–Trinajstić information content (AvgIpc) is 3.58. The van der Waals surface area contributed by atoms with Crippen molar-refractivity contribution in [1.82, 2.24) is 0 Å². The quantitative estimate of drug-likeness (QED) is 0.0845. The second-order valence-corrected chi connectivity index (χ2v) is 15.1. The topological polar surface area (TPSA) is 94.1 Å². The molecule has 2 fully saturated rings. The third-order valence-corrected chi connectivity index (χ3v) is 10.7. The maximum Gasteiger partial charge on any atom is 0.187 e. The average molecular weight is 793 g/mol. The number of ether oxygens (including phenoxy) is 8. The predicted octanol–water partition coefficient (Wildman–Crippen LogP) is 7.74. The fourth-order valence-electron chi connectivity index (χ4n) is 7.13. The molecule has 2 aliphatic rings. The summed E-state index contributed by atoms with van der Waals surface area (Å²) in [5.74, 6) is 0.657. The van der Waals surface area contributed by atoms with Crippen molar-refractivity contribution >= 4 is 11.8 Å². The largest absolute Gasteiger partial charge is 0.374 e.